The molecule has 1 atom stereocenters. The van der Waals surface area contributed by atoms with Crippen LogP contribution in [0.1, 0.15) is 37.7 Å². The molecule has 2 fully saturated rings. The van der Waals surface area contributed by atoms with Crippen LogP contribution in [0.4, 0.5) is 0 Å². The Hall–Kier alpha value is -1.22. The average molecular weight is 261 g/mol. The molecular formula is C16H23NO2. The molecule has 19 heavy (non-hydrogen) atoms. The van der Waals surface area contributed by atoms with E-state index < -0.39 is 0 Å². The maximum atomic E-state index is 6.07. The SMILES string of the molecule is COc1cccc(CC2CCCCN2)c1OC1CC1. The fourth-order valence-corrected chi connectivity index (χ4v) is 2.73. The van der Waals surface area contributed by atoms with Crippen LogP contribution in [0.5, 0.6) is 11.5 Å². The minimum Gasteiger partial charge on any atom is -0.493 e. The number of hydrogen-bond acceptors (Lipinski definition) is 3. The van der Waals surface area contributed by atoms with Gasteiger partial charge in [-0.1, -0.05) is 18.6 Å². The summed E-state index contributed by atoms with van der Waals surface area (Å²) in [4.78, 5) is 0. The normalized spacial score (nSPS) is 23.1. The largest absolute Gasteiger partial charge is 0.493 e. The van der Waals surface area contributed by atoms with Gasteiger partial charge >= 0.3 is 0 Å². The van der Waals surface area contributed by atoms with Crippen molar-refractivity contribution in [2.24, 2.45) is 0 Å². The van der Waals surface area contributed by atoms with Crippen molar-refractivity contribution in [3.8, 4) is 11.5 Å². The van der Waals surface area contributed by atoms with Crippen LogP contribution in [-0.4, -0.2) is 25.8 Å². The Bertz CT molecular complexity index is 423. The van der Waals surface area contributed by atoms with E-state index in [4.69, 9.17) is 9.47 Å². The number of rotatable bonds is 5. The smallest absolute Gasteiger partial charge is 0.164 e. The lowest BCUT2D eigenvalue weighted by Crippen LogP contribution is -2.35. The van der Waals surface area contributed by atoms with Gasteiger partial charge in [-0.15, -0.1) is 0 Å². The maximum absolute atomic E-state index is 6.07. The highest BCUT2D eigenvalue weighted by atomic mass is 16.5. The van der Waals surface area contributed by atoms with Crippen molar-refractivity contribution in [1.82, 2.24) is 5.32 Å². The van der Waals surface area contributed by atoms with Crippen molar-refractivity contribution in [1.29, 1.82) is 0 Å². The zero-order valence-electron chi connectivity index (χ0n) is 11.7. The molecule has 0 amide bonds. The van der Waals surface area contributed by atoms with Crippen LogP contribution in [0.25, 0.3) is 0 Å². The number of methoxy groups -OCH3 is 1. The standard InChI is InChI=1S/C16H23NO2/c1-18-15-7-4-5-12(16(15)19-14-8-9-14)11-13-6-2-3-10-17-13/h4-5,7,13-14,17H,2-3,6,8-11H2,1H3. The van der Waals surface area contributed by atoms with E-state index in [9.17, 15) is 0 Å². The van der Waals surface area contributed by atoms with Crippen LogP contribution in [0.3, 0.4) is 0 Å². The Morgan fingerprint density at radius 1 is 1.21 bits per heavy atom. The van der Waals surface area contributed by atoms with Crippen molar-refractivity contribution >= 4 is 0 Å². The Kier molecular flexibility index (Phi) is 3.92. The molecule has 1 aliphatic heterocycles. The number of ether oxygens (including phenoxy) is 2. The number of hydrogen-bond donors (Lipinski definition) is 1. The van der Waals surface area contributed by atoms with Gasteiger partial charge in [0.25, 0.3) is 0 Å². The summed E-state index contributed by atoms with van der Waals surface area (Å²) in [5.41, 5.74) is 1.28. The summed E-state index contributed by atoms with van der Waals surface area (Å²) in [5, 5.41) is 3.60. The molecule has 0 aromatic heterocycles. The van der Waals surface area contributed by atoms with Gasteiger partial charge in [0.1, 0.15) is 0 Å². The molecular weight excluding hydrogens is 238 g/mol. The number of piperidine rings is 1. The topological polar surface area (TPSA) is 30.5 Å². The van der Waals surface area contributed by atoms with Gasteiger partial charge in [0.15, 0.2) is 11.5 Å². The molecule has 0 bridgehead atoms. The van der Waals surface area contributed by atoms with Gasteiger partial charge in [-0.05, 0) is 50.3 Å². The predicted molar refractivity (Wildman–Crippen MR) is 76.0 cm³/mol. The third-order valence-electron chi connectivity index (χ3n) is 3.97. The van der Waals surface area contributed by atoms with Crippen LogP contribution in [0, 0.1) is 0 Å². The fraction of sp³-hybridized carbons (Fsp3) is 0.625. The van der Waals surface area contributed by atoms with Crippen molar-refractivity contribution in [3.63, 3.8) is 0 Å². The lowest BCUT2D eigenvalue weighted by atomic mass is 9.97. The first-order valence-corrected chi connectivity index (χ1v) is 7.42. The van der Waals surface area contributed by atoms with E-state index in [1.807, 2.05) is 6.07 Å². The summed E-state index contributed by atoms with van der Waals surface area (Å²) in [6, 6.07) is 6.82. The monoisotopic (exact) mass is 261 g/mol. The molecule has 1 aromatic carbocycles. The second-order valence-electron chi connectivity index (χ2n) is 5.62. The zero-order chi connectivity index (χ0) is 13.1. The highest BCUT2D eigenvalue weighted by molar-refractivity contribution is 5.47. The van der Waals surface area contributed by atoms with E-state index in [1.165, 1.54) is 37.7 Å². The van der Waals surface area contributed by atoms with E-state index in [1.54, 1.807) is 7.11 Å². The minimum atomic E-state index is 0.411. The van der Waals surface area contributed by atoms with Crippen LogP contribution in [-0.2, 0) is 6.42 Å². The minimum absolute atomic E-state index is 0.411. The van der Waals surface area contributed by atoms with Gasteiger partial charge in [-0.25, -0.2) is 0 Å². The molecule has 1 heterocycles. The molecule has 1 saturated carbocycles. The van der Waals surface area contributed by atoms with Crippen molar-refractivity contribution in [3.05, 3.63) is 23.8 Å². The van der Waals surface area contributed by atoms with Crippen molar-refractivity contribution in [2.75, 3.05) is 13.7 Å². The quantitative estimate of drug-likeness (QED) is 0.884. The number of benzene rings is 1. The lowest BCUT2D eigenvalue weighted by molar-refractivity contribution is 0.277. The molecule has 104 valence electrons. The van der Waals surface area contributed by atoms with Crippen LogP contribution < -0.4 is 14.8 Å². The van der Waals surface area contributed by atoms with E-state index in [0.717, 1.165) is 24.5 Å². The van der Waals surface area contributed by atoms with Gasteiger partial charge in [0, 0.05) is 6.04 Å². The first-order valence-electron chi connectivity index (χ1n) is 7.42. The second kappa shape index (κ2) is 5.83. The fourth-order valence-electron chi connectivity index (χ4n) is 2.73. The molecule has 3 heteroatoms. The third-order valence-corrected chi connectivity index (χ3v) is 3.97. The highest BCUT2D eigenvalue weighted by Gasteiger charge is 2.27. The summed E-state index contributed by atoms with van der Waals surface area (Å²) in [7, 11) is 1.72. The molecule has 1 saturated heterocycles. The summed E-state index contributed by atoms with van der Waals surface area (Å²) in [5.74, 6) is 1.85. The molecule has 1 aliphatic carbocycles. The average Bonchev–Trinajstić information content (AvgIpc) is 3.26. The molecule has 1 N–H and O–H groups in total. The molecule has 3 nitrogen and oxygen atoms in total. The molecule has 1 aromatic rings. The number of nitrogens with one attached hydrogen (secondary N) is 1. The zero-order valence-corrected chi connectivity index (χ0v) is 11.7. The molecule has 2 aliphatic rings. The lowest BCUT2D eigenvalue weighted by Gasteiger charge is -2.25. The summed E-state index contributed by atoms with van der Waals surface area (Å²) in [6.45, 7) is 1.15. The first-order chi connectivity index (χ1) is 9.36. The molecule has 3 rings (SSSR count). The summed E-state index contributed by atoms with van der Waals surface area (Å²) >= 11 is 0. The highest BCUT2D eigenvalue weighted by Crippen LogP contribution is 2.37. The van der Waals surface area contributed by atoms with Gasteiger partial charge in [0.05, 0.1) is 13.2 Å². The van der Waals surface area contributed by atoms with Gasteiger partial charge < -0.3 is 14.8 Å². The third kappa shape index (κ3) is 3.21. The molecule has 0 spiro atoms. The van der Waals surface area contributed by atoms with E-state index in [0.29, 0.717) is 12.1 Å². The van der Waals surface area contributed by atoms with Crippen molar-refractivity contribution < 1.29 is 9.47 Å². The van der Waals surface area contributed by atoms with Gasteiger partial charge in [-0.3, -0.25) is 0 Å². The van der Waals surface area contributed by atoms with Gasteiger partial charge in [-0.2, -0.15) is 0 Å². The molecule has 0 radical (unpaired) electrons. The Labute approximate surface area is 115 Å². The number of para-hydroxylation sites is 1. The van der Waals surface area contributed by atoms with E-state index in [2.05, 4.69) is 17.4 Å². The Morgan fingerprint density at radius 2 is 2.11 bits per heavy atom. The van der Waals surface area contributed by atoms with E-state index in [-0.39, 0.29) is 0 Å². The summed E-state index contributed by atoms with van der Waals surface area (Å²) < 4.78 is 11.5. The summed E-state index contributed by atoms with van der Waals surface area (Å²) in [6.07, 6.45) is 7.72. The van der Waals surface area contributed by atoms with E-state index >= 15 is 0 Å². The van der Waals surface area contributed by atoms with Crippen molar-refractivity contribution in [2.45, 2.75) is 50.7 Å². The predicted octanol–water partition coefficient (Wildman–Crippen LogP) is 2.92. The Balaban J connectivity index is 1.77. The van der Waals surface area contributed by atoms with Gasteiger partial charge in [0.2, 0.25) is 0 Å². The second-order valence-corrected chi connectivity index (χ2v) is 5.62. The van der Waals surface area contributed by atoms with Crippen LogP contribution in [0.2, 0.25) is 0 Å². The molecule has 1 unspecified atom stereocenters. The van der Waals surface area contributed by atoms with Crippen LogP contribution in [0.15, 0.2) is 18.2 Å². The van der Waals surface area contributed by atoms with Crippen LogP contribution >= 0.6 is 0 Å². The first kappa shape index (κ1) is 12.8. The Morgan fingerprint density at radius 3 is 2.79 bits per heavy atom. The maximum Gasteiger partial charge on any atom is 0.164 e.